The summed E-state index contributed by atoms with van der Waals surface area (Å²) in [7, 11) is 0. The highest BCUT2D eigenvalue weighted by molar-refractivity contribution is 7.11. The topological polar surface area (TPSA) is 59.1 Å². The summed E-state index contributed by atoms with van der Waals surface area (Å²) < 4.78 is 0. The quantitative estimate of drug-likeness (QED) is 0.776. The van der Waals surface area contributed by atoms with E-state index in [9.17, 15) is 5.11 Å². The van der Waals surface area contributed by atoms with Crippen LogP contribution >= 0.6 is 11.3 Å². The minimum Gasteiger partial charge on any atom is -0.383 e. The Morgan fingerprint density at radius 1 is 1.69 bits per heavy atom. The van der Waals surface area contributed by atoms with Gasteiger partial charge in [-0.25, -0.2) is 4.98 Å². The zero-order valence-electron chi connectivity index (χ0n) is 8.24. The van der Waals surface area contributed by atoms with Gasteiger partial charge in [0.15, 0.2) is 0 Å². The monoisotopic (exact) mass is 200 g/mol. The molecule has 74 valence electrons. The van der Waals surface area contributed by atoms with Crippen LogP contribution in [0, 0.1) is 0 Å². The molecule has 0 saturated carbocycles. The summed E-state index contributed by atoms with van der Waals surface area (Å²) in [6.45, 7) is 6.11. The summed E-state index contributed by atoms with van der Waals surface area (Å²) in [6, 6.07) is 0. The van der Waals surface area contributed by atoms with Gasteiger partial charge in [0.1, 0.15) is 5.60 Å². The van der Waals surface area contributed by atoms with Crippen molar-refractivity contribution >= 4 is 11.3 Å². The van der Waals surface area contributed by atoms with E-state index in [1.807, 2.05) is 0 Å². The number of hydrogen-bond acceptors (Lipinski definition) is 4. The molecular weight excluding hydrogens is 184 g/mol. The first kappa shape index (κ1) is 10.6. The van der Waals surface area contributed by atoms with Crippen molar-refractivity contribution in [2.45, 2.75) is 32.3 Å². The lowest BCUT2D eigenvalue weighted by Crippen LogP contribution is -2.30. The standard InChI is InChI=1S/C9H16N2OS/c1-6(2)8-11-4-7(13-8)9(3,12)5-10/h4,6,12H,5,10H2,1-3H3. The highest BCUT2D eigenvalue weighted by Crippen LogP contribution is 2.28. The molecule has 1 unspecified atom stereocenters. The molecule has 0 aliphatic carbocycles. The summed E-state index contributed by atoms with van der Waals surface area (Å²) in [5, 5.41) is 10.9. The average Bonchev–Trinajstić information content (AvgIpc) is 2.52. The minimum absolute atomic E-state index is 0.229. The molecular formula is C9H16N2OS. The molecule has 4 heteroatoms. The van der Waals surface area contributed by atoms with Crippen molar-refractivity contribution in [2.24, 2.45) is 5.73 Å². The van der Waals surface area contributed by atoms with Gasteiger partial charge in [-0.15, -0.1) is 11.3 Å². The predicted octanol–water partition coefficient (Wildman–Crippen LogP) is 1.43. The van der Waals surface area contributed by atoms with Crippen LogP contribution < -0.4 is 5.73 Å². The Bertz CT molecular complexity index is 281. The Kier molecular flexibility index (Phi) is 3.05. The molecule has 0 aromatic carbocycles. The number of nitrogens with zero attached hydrogens (tertiary/aromatic N) is 1. The first-order chi connectivity index (χ1) is 5.97. The number of hydrogen-bond donors (Lipinski definition) is 2. The molecule has 1 rings (SSSR count). The van der Waals surface area contributed by atoms with Crippen molar-refractivity contribution < 1.29 is 5.11 Å². The summed E-state index contributed by atoms with van der Waals surface area (Å²) in [4.78, 5) is 5.08. The van der Waals surface area contributed by atoms with Gasteiger partial charge >= 0.3 is 0 Å². The Balaban J connectivity index is 2.91. The molecule has 1 atom stereocenters. The van der Waals surface area contributed by atoms with Crippen LogP contribution in [0.5, 0.6) is 0 Å². The zero-order valence-corrected chi connectivity index (χ0v) is 9.06. The molecule has 1 aromatic rings. The normalized spacial score (nSPS) is 16.2. The maximum Gasteiger partial charge on any atom is 0.110 e. The Labute approximate surface area is 82.6 Å². The zero-order chi connectivity index (χ0) is 10.1. The number of rotatable bonds is 3. The molecule has 0 aliphatic heterocycles. The van der Waals surface area contributed by atoms with Crippen LogP contribution in [-0.2, 0) is 5.60 Å². The van der Waals surface area contributed by atoms with Gasteiger partial charge in [-0.2, -0.15) is 0 Å². The molecule has 1 aromatic heterocycles. The van der Waals surface area contributed by atoms with Gasteiger partial charge in [0.2, 0.25) is 0 Å². The maximum absolute atomic E-state index is 9.84. The largest absolute Gasteiger partial charge is 0.383 e. The van der Waals surface area contributed by atoms with E-state index < -0.39 is 5.60 Å². The molecule has 0 radical (unpaired) electrons. The van der Waals surface area contributed by atoms with Gasteiger partial charge in [0, 0.05) is 18.7 Å². The lowest BCUT2D eigenvalue weighted by atomic mass is 10.1. The van der Waals surface area contributed by atoms with E-state index in [4.69, 9.17) is 5.73 Å². The molecule has 0 spiro atoms. The summed E-state index contributed by atoms with van der Waals surface area (Å²) >= 11 is 1.53. The number of aromatic nitrogens is 1. The van der Waals surface area contributed by atoms with E-state index in [0.717, 1.165) is 9.88 Å². The maximum atomic E-state index is 9.84. The number of nitrogens with two attached hydrogens (primary N) is 1. The molecule has 13 heavy (non-hydrogen) atoms. The van der Waals surface area contributed by atoms with Crippen molar-refractivity contribution in [3.05, 3.63) is 16.1 Å². The van der Waals surface area contributed by atoms with E-state index in [0.29, 0.717) is 5.92 Å². The van der Waals surface area contributed by atoms with Crippen LogP contribution in [0.1, 0.15) is 36.6 Å². The third kappa shape index (κ3) is 2.27. The highest BCUT2D eigenvalue weighted by atomic mass is 32.1. The van der Waals surface area contributed by atoms with E-state index in [-0.39, 0.29) is 6.54 Å². The molecule has 3 N–H and O–H groups in total. The molecule has 0 fully saturated rings. The Hall–Kier alpha value is -0.450. The smallest absolute Gasteiger partial charge is 0.110 e. The second kappa shape index (κ2) is 3.74. The van der Waals surface area contributed by atoms with Crippen LogP contribution in [0.25, 0.3) is 0 Å². The number of aliphatic hydroxyl groups is 1. The van der Waals surface area contributed by atoms with Crippen molar-refractivity contribution in [1.82, 2.24) is 4.98 Å². The van der Waals surface area contributed by atoms with Crippen LogP contribution in [0.2, 0.25) is 0 Å². The van der Waals surface area contributed by atoms with Gasteiger partial charge in [-0.05, 0) is 6.92 Å². The molecule has 0 bridgehead atoms. The van der Waals surface area contributed by atoms with Gasteiger partial charge in [0.25, 0.3) is 0 Å². The summed E-state index contributed by atoms with van der Waals surface area (Å²) in [5.74, 6) is 0.410. The lowest BCUT2D eigenvalue weighted by Gasteiger charge is -2.18. The van der Waals surface area contributed by atoms with Gasteiger partial charge in [-0.3, -0.25) is 0 Å². The SMILES string of the molecule is CC(C)c1ncc(C(C)(O)CN)s1. The molecule has 3 nitrogen and oxygen atoms in total. The molecule has 1 heterocycles. The van der Waals surface area contributed by atoms with Gasteiger partial charge < -0.3 is 10.8 Å². The van der Waals surface area contributed by atoms with Crippen molar-refractivity contribution in [3.63, 3.8) is 0 Å². The minimum atomic E-state index is -0.926. The third-order valence-corrected chi connectivity index (χ3v) is 3.50. The Morgan fingerprint density at radius 2 is 2.31 bits per heavy atom. The van der Waals surface area contributed by atoms with Crippen LogP contribution in [0.3, 0.4) is 0 Å². The van der Waals surface area contributed by atoms with E-state index in [1.165, 1.54) is 11.3 Å². The molecule has 0 aliphatic rings. The first-order valence-electron chi connectivity index (χ1n) is 4.36. The van der Waals surface area contributed by atoms with Crippen LogP contribution in [-0.4, -0.2) is 16.6 Å². The van der Waals surface area contributed by atoms with Crippen molar-refractivity contribution in [1.29, 1.82) is 0 Å². The van der Waals surface area contributed by atoms with Crippen molar-refractivity contribution in [2.75, 3.05) is 6.54 Å². The summed E-state index contributed by atoms with van der Waals surface area (Å²) in [6.07, 6.45) is 1.72. The summed E-state index contributed by atoms with van der Waals surface area (Å²) in [5.41, 5.74) is 4.53. The van der Waals surface area contributed by atoms with Crippen molar-refractivity contribution in [3.8, 4) is 0 Å². The Morgan fingerprint density at radius 3 is 2.69 bits per heavy atom. The second-order valence-electron chi connectivity index (χ2n) is 3.70. The highest BCUT2D eigenvalue weighted by Gasteiger charge is 2.24. The van der Waals surface area contributed by atoms with Crippen LogP contribution in [0.4, 0.5) is 0 Å². The predicted molar refractivity (Wildman–Crippen MR) is 54.8 cm³/mol. The van der Waals surface area contributed by atoms with Crippen LogP contribution in [0.15, 0.2) is 6.20 Å². The van der Waals surface area contributed by atoms with Gasteiger partial charge in [-0.1, -0.05) is 13.8 Å². The van der Waals surface area contributed by atoms with E-state index >= 15 is 0 Å². The van der Waals surface area contributed by atoms with Gasteiger partial charge in [0.05, 0.1) is 9.88 Å². The first-order valence-corrected chi connectivity index (χ1v) is 5.17. The molecule has 0 saturated heterocycles. The lowest BCUT2D eigenvalue weighted by molar-refractivity contribution is 0.0705. The fraction of sp³-hybridized carbons (Fsp3) is 0.667. The third-order valence-electron chi connectivity index (χ3n) is 1.95. The average molecular weight is 200 g/mol. The fourth-order valence-corrected chi connectivity index (χ4v) is 1.88. The van der Waals surface area contributed by atoms with E-state index in [1.54, 1.807) is 13.1 Å². The van der Waals surface area contributed by atoms with E-state index in [2.05, 4.69) is 18.8 Å². The number of thiazole rings is 1. The second-order valence-corrected chi connectivity index (χ2v) is 4.76. The fourth-order valence-electron chi connectivity index (χ4n) is 0.904. The molecule has 0 amide bonds.